The van der Waals surface area contributed by atoms with Crippen LogP contribution < -0.4 is 9.47 Å². The zero-order chi connectivity index (χ0) is 18.7. The van der Waals surface area contributed by atoms with Gasteiger partial charge in [0.05, 0.1) is 14.2 Å². The molecule has 0 saturated carbocycles. The van der Waals surface area contributed by atoms with Crippen molar-refractivity contribution < 1.29 is 9.47 Å². The minimum Gasteiger partial charge on any atom is -0.496 e. The molecule has 3 rings (SSSR count). The van der Waals surface area contributed by atoms with Crippen molar-refractivity contribution in [3.8, 4) is 33.8 Å². The van der Waals surface area contributed by atoms with E-state index in [1.54, 1.807) is 14.2 Å². The summed E-state index contributed by atoms with van der Waals surface area (Å²) < 4.78 is 11.3. The van der Waals surface area contributed by atoms with Gasteiger partial charge in [-0.3, -0.25) is 0 Å². The molecule has 26 heavy (non-hydrogen) atoms. The fourth-order valence-electron chi connectivity index (χ4n) is 3.48. The average Bonchev–Trinajstić information content (AvgIpc) is 2.68. The first-order chi connectivity index (χ1) is 12.6. The Hall–Kier alpha value is -2.74. The van der Waals surface area contributed by atoms with Crippen LogP contribution in [0.3, 0.4) is 0 Å². The van der Waals surface area contributed by atoms with Crippen molar-refractivity contribution in [3.05, 3.63) is 71.3 Å². The molecule has 0 unspecified atom stereocenters. The first-order valence-electron chi connectivity index (χ1n) is 8.93. The second kappa shape index (κ2) is 7.65. The lowest BCUT2D eigenvalue weighted by Gasteiger charge is -2.20. The summed E-state index contributed by atoms with van der Waals surface area (Å²) in [6.45, 7) is 6.34. The number of hydrogen-bond donors (Lipinski definition) is 0. The molecule has 0 amide bonds. The monoisotopic (exact) mass is 345 g/mol. The number of methoxy groups -OCH3 is 2. The van der Waals surface area contributed by atoms with Gasteiger partial charge in [0.15, 0.2) is 0 Å². The van der Waals surface area contributed by atoms with Crippen molar-refractivity contribution in [1.29, 1.82) is 0 Å². The third kappa shape index (κ3) is 3.20. The molecule has 0 atom stereocenters. The van der Waals surface area contributed by atoms with E-state index in [1.807, 2.05) is 12.1 Å². The minimum atomic E-state index is 0.893. The van der Waals surface area contributed by atoms with Crippen LogP contribution in [0.15, 0.2) is 48.5 Å². The van der Waals surface area contributed by atoms with Crippen molar-refractivity contribution in [2.24, 2.45) is 0 Å². The van der Waals surface area contributed by atoms with Crippen LogP contribution in [0.2, 0.25) is 0 Å². The standard InChI is InChI=1S/C24H25O2/c1-6-18-15-21(20-12-13-22(25-4)16(2)14-20)23(24(26-5)17(18)3)19-10-8-7-9-11-19/h7-14H,6H2,1-5H3. The summed E-state index contributed by atoms with van der Waals surface area (Å²) in [4.78, 5) is 0. The van der Waals surface area contributed by atoms with Gasteiger partial charge in [0.2, 0.25) is 0 Å². The zero-order valence-electron chi connectivity index (χ0n) is 16.1. The van der Waals surface area contributed by atoms with Gasteiger partial charge in [-0.25, -0.2) is 0 Å². The molecule has 0 saturated heterocycles. The fraction of sp³-hybridized carbons (Fsp3) is 0.250. The lowest BCUT2D eigenvalue weighted by molar-refractivity contribution is 0.411. The van der Waals surface area contributed by atoms with Crippen LogP contribution in [0.25, 0.3) is 22.3 Å². The molecule has 133 valence electrons. The third-order valence-electron chi connectivity index (χ3n) is 4.85. The minimum absolute atomic E-state index is 0.893. The highest BCUT2D eigenvalue weighted by molar-refractivity contribution is 5.89. The normalized spacial score (nSPS) is 10.7. The quantitative estimate of drug-likeness (QED) is 0.563. The Morgan fingerprint density at radius 3 is 2.19 bits per heavy atom. The first kappa shape index (κ1) is 18.1. The number of ether oxygens (including phenoxy) is 2. The molecular formula is C24H25O2. The highest BCUT2D eigenvalue weighted by Crippen LogP contribution is 2.43. The molecule has 0 aliphatic heterocycles. The van der Waals surface area contributed by atoms with Gasteiger partial charge in [-0.1, -0.05) is 43.3 Å². The molecule has 0 spiro atoms. The van der Waals surface area contributed by atoms with E-state index >= 15 is 0 Å². The Balaban J connectivity index is 2.34. The maximum atomic E-state index is 5.87. The Bertz CT molecular complexity index is 911. The highest BCUT2D eigenvalue weighted by Gasteiger charge is 2.19. The van der Waals surface area contributed by atoms with Crippen LogP contribution in [0, 0.1) is 19.9 Å². The summed E-state index contributed by atoms with van der Waals surface area (Å²) in [5.41, 5.74) is 7.86. The summed E-state index contributed by atoms with van der Waals surface area (Å²) in [6, 6.07) is 20.3. The Labute approximate surface area is 156 Å². The molecule has 3 aromatic rings. The molecule has 0 aliphatic carbocycles. The van der Waals surface area contributed by atoms with Crippen LogP contribution in [0.5, 0.6) is 11.5 Å². The van der Waals surface area contributed by atoms with Gasteiger partial charge in [-0.05, 0) is 66.3 Å². The summed E-state index contributed by atoms with van der Waals surface area (Å²) >= 11 is 0. The van der Waals surface area contributed by atoms with E-state index in [-0.39, 0.29) is 0 Å². The van der Waals surface area contributed by atoms with E-state index in [2.05, 4.69) is 63.2 Å². The van der Waals surface area contributed by atoms with Crippen molar-refractivity contribution in [2.75, 3.05) is 14.2 Å². The molecule has 1 radical (unpaired) electrons. The summed E-state index contributed by atoms with van der Waals surface area (Å²) in [7, 11) is 3.45. The Kier molecular flexibility index (Phi) is 5.32. The summed E-state index contributed by atoms with van der Waals surface area (Å²) in [6.07, 6.45) is 0.916. The molecule has 0 aliphatic rings. The van der Waals surface area contributed by atoms with Crippen molar-refractivity contribution >= 4 is 0 Å². The predicted octanol–water partition coefficient (Wildman–Crippen LogP) is 6.02. The molecule has 2 nitrogen and oxygen atoms in total. The molecule has 2 heteroatoms. The lowest BCUT2D eigenvalue weighted by Crippen LogP contribution is -2.00. The summed E-state index contributed by atoms with van der Waals surface area (Å²) in [5, 5.41) is 0. The molecule has 0 aromatic heterocycles. The van der Waals surface area contributed by atoms with Crippen LogP contribution in [0.4, 0.5) is 0 Å². The zero-order valence-corrected chi connectivity index (χ0v) is 16.1. The van der Waals surface area contributed by atoms with Crippen LogP contribution in [-0.4, -0.2) is 14.2 Å². The topological polar surface area (TPSA) is 18.5 Å². The van der Waals surface area contributed by atoms with E-state index in [0.717, 1.165) is 51.3 Å². The van der Waals surface area contributed by atoms with Crippen molar-refractivity contribution in [1.82, 2.24) is 0 Å². The molecule has 0 fully saturated rings. The van der Waals surface area contributed by atoms with Gasteiger partial charge in [-0.2, -0.15) is 0 Å². The average molecular weight is 345 g/mol. The van der Waals surface area contributed by atoms with Crippen LogP contribution in [0.1, 0.15) is 23.6 Å². The van der Waals surface area contributed by atoms with Gasteiger partial charge in [0.1, 0.15) is 11.5 Å². The molecule has 0 heterocycles. The van der Waals surface area contributed by atoms with Gasteiger partial charge >= 0.3 is 0 Å². The lowest BCUT2D eigenvalue weighted by atomic mass is 9.88. The molecule has 0 bridgehead atoms. The van der Waals surface area contributed by atoms with Gasteiger partial charge < -0.3 is 9.47 Å². The summed E-state index contributed by atoms with van der Waals surface area (Å²) in [5.74, 6) is 1.82. The van der Waals surface area contributed by atoms with Gasteiger partial charge in [0.25, 0.3) is 0 Å². The third-order valence-corrected chi connectivity index (χ3v) is 4.85. The molecule has 0 N–H and O–H groups in total. The largest absolute Gasteiger partial charge is 0.496 e. The predicted molar refractivity (Wildman–Crippen MR) is 108 cm³/mol. The maximum absolute atomic E-state index is 5.87. The van der Waals surface area contributed by atoms with Crippen LogP contribution in [-0.2, 0) is 6.42 Å². The van der Waals surface area contributed by atoms with E-state index < -0.39 is 0 Å². The van der Waals surface area contributed by atoms with E-state index in [1.165, 1.54) is 5.56 Å². The van der Waals surface area contributed by atoms with Crippen molar-refractivity contribution in [2.45, 2.75) is 27.2 Å². The second-order valence-corrected chi connectivity index (χ2v) is 6.42. The SMILES string of the molecule is CCc1[c]c(-c2ccc(OC)c(C)c2)c(-c2ccccc2)c(OC)c1C. The van der Waals surface area contributed by atoms with Gasteiger partial charge in [0, 0.05) is 11.1 Å². The van der Waals surface area contributed by atoms with Crippen molar-refractivity contribution in [3.63, 3.8) is 0 Å². The van der Waals surface area contributed by atoms with E-state index in [4.69, 9.17) is 9.47 Å². The fourth-order valence-corrected chi connectivity index (χ4v) is 3.48. The van der Waals surface area contributed by atoms with E-state index in [0.29, 0.717) is 0 Å². The molecular weight excluding hydrogens is 320 g/mol. The number of hydrogen-bond acceptors (Lipinski definition) is 2. The van der Waals surface area contributed by atoms with Crippen LogP contribution >= 0.6 is 0 Å². The number of aryl methyl sites for hydroxylation is 2. The molecule has 3 aromatic carbocycles. The Morgan fingerprint density at radius 1 is 0.885 bits per heavy atom. The highest BCUT2D eigenvalue weighted by atomic mass is 16.5. The number of benzene rings is 3. The first-order valence-corrected chi connectivity index (χ1v) is 8.93. The maximum Gasteiger partial charge on any atom is 0.130 e. The number of rotatable bonds is 5. The Morgan fingerprint density at radius 2 is 1.62 bits per heavy atom. The smallest absolute Gasteiger partial charge is 0.130 e. The van der Waals surface area contributed by atoms with Gasteiger partial charge in [-0.15, -0.1) is 0 Å². The second-order valence-electron chi connectivity index (χ2n) is 6.42. The van der Waals surface area contributed by atoms with E-state index in [9.17, 15) is 0 Å².